The maximum Gasteiger partial charge on any atom is 0.191 e. The van der Waals surface area contributed by atoms with Gasteiger partial charge in [-0.05, 0) is 30.3 Å². The third-order valence-corrected chi connectivity index (χ3v) is 4.60. The molecule has 2 rings (SSSR count). The van der Waals surface area contributed by atoms with Crippen LogP contribution < -0.4 is 10.6 Å². The fourth-order valence-corrected chi connectivity index (χ4v) is 3.02. The van der Waals surface area contributed by atoms with E-state index in [9.17, 15) is 0 Å². The summed E-state index contributed by atoms with van der Waals surface area (Å²) in [7, 11) is 1.78. The Labute approximate surface area is 184 Å². The molecule has 0 spiro atoms. The lowest BCUT2D eigenvalue weighted by atomic mass is 10.1. The highest BCUT2D eigenvalue weighted by atomic mass is 127. The number of aromatic nitrogens is 1. The van der Waals surface area contributed by atoms with E-state index in [1.54, 1.807) is 19.3 Å². The number of hydrogen-bond donors (Lipinski definition) is 2. The second kappa shape index (κ2) is 12.9. The van der Waals surface area contributed by atoms with Crippen molar-refractivity contribution in [2.45, 2.75) is 26.4 Å². The number of benzene rings is 1. The van der Waals surface area contributed by atoms with Crippen molar-refractivity contribution in [2.75, 3.05) is 26.7 Å². The van der Waals surface area contributed by atoms with E-state index in [-0.39, 0.29) is 24.0 Å². The zero-order chi connectivity index (χ0) is 18.8. The molecule has 7 heteroatoms. The lowest BCUT2D eigenvalue weighted by Crippen LogP contribution is -2.43. The highest BCUT2D eigenvalue weighted by molar-refractivity contribution is 14.0. The Kier molecular flexibility index (Phi) is 11.3. The van der Waals surface area contributed by atoms with Crippen molar-refractivity contribution in [2.24, 2.45) is 4.99 Å². The van der Waals surface area contributed by atoms with E-state index in [0.717, 1.165) is 31.2 Å². The van der Waals surface area contributed by atoms with Crippen molar-refractivity contribution >= 4 is 41.5 Å². The first-order valence-corrected chi connectivity index (χ1v) is 9.39. The Morgan fingerprint density at radius 2 is 1.81 bits per heavy atom. The molecular weight excluding hydrogens is 473 g/mol. The van der Waals surface area contributed by atoms with Crippen LogP contribution in [0.4, 0.5) is 0 Å². The van der Waals surface area contributed by atoms with Gasteiger partial charge in [-0.1, -0.05) is 61.8 Å². The number of nitrogens with zero attached hydrogens (tertiary/aromatic N) is 3. The summed E-state index contributed by atoms with van der Waals surface area (Å²) in [5.41, 5.74) is 2.36. The molecule has 0 saturated heterocycles. The van der Waals surface area contributed by atoms with Crippen molar-refractivity contribution in [1.29, 1.82) is 0 Å². The van der Waals surface area contributed by atoms with Gasteiger partial charge in [-0.25, -0.2) is 4.98 Å². The van der Waals surface area contributed by atoms with Crippen LogP contribution in [0, 0.1) is 0 Å². The van der Waals surface area contributed by atoms with Gasteiger partial charge in [0.2, 0.25) is 0 Å². The van der Waals surface area contributed by atoms with Gasteiger partial charge in [0.15, 0.2) is 5.96 Å². The SMILES string of the molecule is CCN(CC)C(CNC(=NC)NCc1ccc(Cl)nc1)c1ccccc1.I. The Morgan fingerprint density at radius 1 is 1.11 bits per heavy atom. The Bertz CT molecular complexity index is 675. The molecule has 0 saturated carbocycles. The van der Waals surface area contributed by atoms with Gasteiger partial charge in [0, 0.05) is 26.3 Å². The van der Waals surface area contributed by atoms with E-state index in [0.29, 0.717) is 17.7 Å². The zero-order valence-electron chi connectivity index (χ0n) is 16.2. The zero-order valence-corrected chi connectivity index (χ0v) is 19.2. The molecule has 2 aromatic rings. The molecule has 0 radical (unpaired) electrons. The first-order valence-electron chi connectivity index (χ1n) is 9.01. The Hall–Kier alpha value is -1.38. The molecule has 0 fully saturated rings. The van der Waals surface area contributed by atoms with Crippen LogP contribution in [0.1, 0.15) is 31.0 Å². The average Bonchev–Trinajstić information content (AvgIpc) is 2.69. The molecule has 1 atom stereocenters. The lowest BCUT2D eigenvalue weighted by molar-refractivity contribution is 0.219. The summed E-state index contributed by atoms with van der Waals surface area (Å²) in [5.74, 6) is 0.771. The van der Waals surface area contributed by atoms with E-state index in [1.165, 1.54) is 5.56 Å². The smallest absolute Gasteiger partial charge is 0.191 e. The fourth-order valence-electron chi connectivity index (χ4n) is 2.91. The summed E-state index contributed by atoms with van der Waals surface area (Å²) < 4.78 is 0. The van der Waals surface area contributed by atoms with E-state index in [1.807, 2.05) is 6.07 Å². The second-order valence-corrected chi connectivity index (χ2v) is 6.33. The number of aliphatic imine (C=N–C) groups is 1. The quantitative estimate of drug-likeness (QED) is 0.247. The summed E-state index contributed by atoms with van der Waals surface area (Å²) in [6.45, 7) is 7.82. The monoisotopic (exact) mass is 501 g/mol. The van der Waals surface area contributed by atoms with Crippen LogP contribution in [0.5, 0.6) is 0 Å². The molecule has 0 bridgehead atoms. The molecule has 2 N–H and O–H groups in total. The third kappa shape index (κ3) is 7.63. The van der Waals surface area contributed by atoms with E-state index in [4.69, 9.17) is 11.6 Å². The molecule has 1 unspecified atom stereocenters. The maximum atomic E-state index is 5.83. The number of guanidine groups is 1. The number of halogens is 2. The minimum absolute atomic E-state index is 0. The van der Waals surface area contributed by atoms with E-state index >= 15 is 0 Å². The van der Waals surface area contributed by atoms with Crippen LogP contribution in [0.25, 0.3) is 0 Å². The highest BCUT2D eigenvalue weighted by Crippen LogP contribution is 2.19. The van der Waals surface area contributed by atoms with Crippen molar-refractivity contribution < 1.29 is 0 Å². The molecule has 1 aromatic heterocycles. The molecule has 0 aliphatic rings. The van der Waals surface area contributed by atoms with Gasteiger partial charge in [-0.2, -0.15) is 0 Å². The summed E-state index contributed by atoms with van der Waals surface area (Å²) in [5, 5.41) is 7.27. The largest absolute Gasteiger partial charge is 0.354 e. The standard InChI is InChI=1S/C20H28ClN5.HI/c1-4-26(5-2)18(17-9-7-6-8-10-17)15-25-20(22-3)24-14-16-11-12-19(21)23-13-16;/h6-13,18H,4-5,14-15H2,1-3H3,(H2,22,24,25);1H. The number of nitrogens with one attached hydrogen (secondary N) is 2. The van der Waals surface area contributed by atoms with Crippen LogP contribution in [-0.4, -0.2) is 42.5 Å². The fraction of sp³-hybridized carbons (Fsp3) is 0.400. The predicted molar refractivity (Wildman–Crippen MR) is 125 cm³/mol. The molecule has 0 amide bonds. The topological polar surface area (TPSA) is 52.5 Å². The Morgan fingerprint density at radius 3 is 2.37 bits per heavy atom. The summed E-state index contributed by atoms with van der Waals surface area (Å²) in [4.78, 5) is 10.9. The molecule has 0 aliphatic heterocycles. The number of hydrogen-bond acceptors (Lipinski definition) is 3. The molecule has 0 aliphatic carbocycles. The van der Waals surface area contributed by atoms with Crippen LogP contribution in [0.15, 0.2) is 53.7 Å². The van der Waals surface area contributed by atoms with Crippen molar-refractivity contribution in [3.8, 4) is 0 Å². The highest BCUT2D eigenvalue weighted by Gasteiger charge is 2.18. The first-order chi connectivity index (χ1) is 12.7. The minimum atomic E-state index is 0. The minimum Gasteiger partial charge on any atom is -0.354 e. The van der Waals surface area contributed by atoms with E-state index < -0.39 is 0 Å². The van der Waals surface area contributed by atoms with Gasteiger partial charge in [0.1, 0.15) is 5.15 Å². The molecular formula is C20H29ClIN5. The van der Waals surface area contributed by atoms with E-state index in [2.05, 4.69) is 69.7 Å². The average molecular weight is 502 g/mol. The number of pyridine rings is 1. The van der Waals surface area contributed by atoms with Crippen LogP contribution in [-0.2, 0) is 6.54 Å². The molecule has 1 heterocycles. The summed E-state index contributed by atoms with van der Waals surface area (Å²) >= 11 is 5.83. The number of rotatable bonds is 8. The normalized spacial score (nSPS) is 12.4. The molecule has 1 aromatic carbocycles. The van der Waals surface area contributed by atoms with Crippen molar-refractivity contribution in [3.05, 3.63) is 64.9 Å². The van der Waals surface area contributed by atoms with Crippen LogP contribution >= 0.6 is 35.6 Å². The van der Waals surface area contributed by atoms with Gasteiger partial charge < -0.3 is 10.6 Å². The van der Waals surface area contributed by atoms with Gasteiger partial charge in [0.25, 0.3) is 0 Å². The van der Waals surface area contributed by atoms with Gasteiger partial charge in [-0.15, -0.1) is 24.0 Å². The first kappa shape index (κ1) is 23.7. The second-order valence-electron chi connectivity index (χ2n) is 5.94. The van der Waals surface area contributed by atoms with Gasteiger partial charge in [0.05, 0.1) is 6.04 Å². The summed E-state index contributed by atoms with van der Waals surface area (Å²) in [6, 6.07) is 14.6. The van der Waals surface area contributed by atoms with Crippen LogP contribution in [0.3, 0.4) is 0 Å². The van der Waals surface area contributed by atoms with Gasteiger partial charge >= 0.3 is 0 Å². The molecule has 148 valence electrons. The van der Waals surface area contributed by atoms with Crippen LogP contribution in [0.2, 0.25) is 5.15 Å². The lowest BCUT2D eigenvalue weighted by Gasteiger charge is -2.30. The third-order valence-electron chi connectivity index (χ3n) is 4.37. The maximum absolute atomic E-state index is 5.83. The van der Waals surface area contributed by atoms with Crippen molar-refractivity contribution in [3.63, 3.8) is 0 Å². The molecule has 27 heavy (non-hydrogen) atoms. The van der Waals surface area contributed by atoms with Crippen molar-refractivity contribution in [1.82, 2.24) is 20.5 Å². The predicted octanol–water partition coefficient (Wildman–Crippen LogP) is 4.10. The van der Waals surface area contributed by atoms with Gasteiger partial charge in [-0.3, -0.25) is 9.89 Å². The Balaban J connectivity index is 0.00000364. The number of likely N-dealkylation sites (N-methyl/N-ethyl adjacent to an activating group) is 1. The summed E-state index contributed by atoms with van der Waals surface area (Å²) in [6.07, 6.45) is 1.77. The molecule has 5 nitrogen and oxygen atoms in total.